The number of anilines is 1. The first-order chi connectivity index (χ1) is 7.93. The van der Waals surface area contributed by atoms with Crippen LogP contribution in [0.4, 0.5) is 5.95 Å². The molecule has 0 saturated heterocycles. The molecule has 17 heavy (non-hydrogen) atoms. The second-order valence-electron chi connectivity index (χ2n) is 3.11. The summed E-state index contributed by atoms with van der Waals surface area (Å²) >= 11 is 5.66. The highest BCUT2D eigenvalue weighted by Crippen LogP contribution is 2.16. The number of hydrogen-bond acceptors (Lipinski definition) is 5. The van der Waals surface area contributed by atoms with Gasteiger partial charge in [-0.05, 0) is 6.92 Å². The van der Waals surface area contributed by atoms with Crippen molar-refractivity contribution in [3.05, 3.63) is 11.2 Å². The number of carboxylic acids is 1. The lowest BCUT2D eigenvalue weighted by Gasteiger charge is -2.08. The Morgan fingerprint density at radius 1 is 1.53 bits per heavy atom. The summed E-state index contributed by atoms with van der Waals surface area (Å²) < 4.78 is 4.82. The second-order valence-corrected chi connectivity index (χ2v) is 3.49. The molecule has 1 atom stereocenters. The van der Waals surface area contributed by atoms with Crippen molar-refractivity contribution < 1.29 is 19.4 Å². The molecule has 1 aromatic heterocycles. The molecule has 7 nitrogen and oxygen atoms in total. The maximum absolute atomic E-state index is 11.4. The number of carbonyl (C=O) groups is 2. The molecular formula is C9H10ClN3O4. The van der Waals surface area contributed by atoms with E-state index in [0.29, 0.717) is 0 Å². The van der Waals surface area contributed by atoms with Crippen LogP contribution in [0.15, 0.2) is 6.07 Å². The van der Waals surface area contributed by atoms with E-state index in [1.165, 1.54) is 20.1 Å². The van der Waals surface area contributed by atoms with Crippen molar-refractivity contribution in [2.24, 2.45) is 5.92 Å². The zero-order valence-corrected chi connectivity index (χ0v) is 9.85. The van der Waals surface area contributed by atoms with E-state index in [-0.39, 0.29) is 17.0 Å². The fraction of sp³-hybridized carbons (Fsp3) is 0.333. The van der Waals surface area contributed by atoms with Gasteiger partial charge in [0.25, 0.3) is 0 Å². The van der Waals surface area contributed by atoms with Crippen molar-refractivity contribution in [1.82, 2.24) is 9.97 Å². The minimum atomic E-state index is -1.24. The van der Waals surface area contributed by atoms with Gasteiger partial charge in [-0.2, -0.15) is 4.98 Å². The van der Waals surface area contributed by atoms with Crippen LogP contribution in [0, 0.1) is 5.92 Å². The number of rotatable bonds is 4. The smallest absolute Gasteiger partial charge is 0.315 e. The molecule has 0 aliphatic rings. The van der Waals surface area contributed by atoms with Gasteiger partial charge in [0.15, 0.2) is 0 Å². The van der Waals surface area contributed by atoms with E-state index in [2.05, 4.69) is 15.3 Å². The zero-order chi connectivity index (χ0) is 13.0. The van der Waals surface area contributed by atoms with Gasteiger partial charge >= 0.3 is 5.97 Å². The molecule has 1 heterocycles. The van der Waals surface area contributed by atoms with E-state index in [1.54, 1.807) is 0 Å². The summed E-state index contributed by atoms with van der Waals surface area (Å²) in [7, 11) is 1.38. The monoisotopic (exact) mass is 259 g/mol. The average Bonchev–Trinajstić information content (AvgIpc) is 2.26. The van der Waals surface area contributed by atoms with Crippen LogP contribution in [-0.4, -0.2) is 34.1 Å². The highest BCUT2D eigenvalue weighted by atomic mass is 35.5. The van der Waals surface area contributed by atoms with Gasteiger partial charge in [0, 0.05) is 6.07 Å². The van der Waals surface area contributed by atoms with Crippen LogP contribution in [0.2, 0.25) is 5.15 Å². The molecule has 0 bridgehead atoms. The normalized spacial score (nSPS) is 11.7. The largest absolute Gasteiger partial charge is 0.481 e. The van der Waals surface area contributed by atoms with Gasteiger partial charge < -0.3 is 9.84 Å². The third kappa shape index (κ3) is 3.56. The summed E-state index contributed by atoms with van der Waals surface area (Å²) in [5.41, 5.74) is 0. The summed E-state index contributed by atoms with van der Waals surface area (Å²) in [5.74, 6) is -3.11. The Labute approximate surface area is 102 Å². The van der Waals surface area contributed by atoms with Crippen molar-refractivity contribution in [2.75, 3.05) is 12.4 Å². The Morgan fingerprint density at radius 3 is 2.71 bits per heavy atom. The number of aromatic nitrogens is 2. The molecular weight excluding hydrogens is 250 g/mol. The van der Waals surface area contributed by atoms with Gasteiger partial charge in [-0.25, -0.2) is 4.98 Å². The molecule has 1 amide bonds. The van der Waals surface area contributed by atoms with Crippen molar-refractivity contribution in [2.45, 2.75) is 6.92 Å². The van der Waals surface area contributed by atoms with E-state index < -0.39 is 17.8 Å². The second kappa shape index (κ2) is 5.44. The predicted molar refractivity (Wildman–Crippen MR) is 59.0 cm³/mol. The number of nitrogens with one attached hydrogen (secondary N) is 1. The zero-order valence-electron chi connectivity index (χ0n) is 9.10. The number of halogens is 1. The fourth-order valence-electron chi connectivity index (χ4n) is 0.888. The molecule has 8 heteroatoms. The highest BCUT2D eigenvalue weighted by molar-refractivity contribution is 6.29. The van der Waals surface area contributed by atoms with Crippen LogP contribution < -0.4 is 10.1 Å². The van der Waals surface area contributed by atoms with Crippen LogP contribution in [0.3, 0.4) is 0 Å². The summed E-state index contributed by atoms with van der Waals surface area (Å²) in [5, 5.41) is 10.9. The molecule has 2 N–H and O–H groups in total. The van der Waals surface area contributed by atoms with Crippen molar-refractivity contribution >= 4 is 29.4 Å². The molecule has 0 spiro atoms. The van der Waals surface area contributed by atoms with Gasteiger partial charge in [0.1, 0.15) is 11.1 Å². The number of hydrogen-bond donors (Lipinski definition) is 2. The summed E-state index contributed by atoms with van der Waals surface area (Å²) in [6, 6.07) is 1.36. The Bertz CT molecular complexity index is 452. The van der Waals surface area contributed by atoms with E-state index in [9.17, 15) is 9.59 Å². The van der Waals surface area contributed by atoms with Crippen molar-refractivity contribution in [3.63, 3.8) is 0 Å². The third-order valence-electron chi connectivity index (χ3n) is 1.88. The first-order valence-electron chi connectivity index (χ1n) is 4.56. The molecule has 92 valence electrons. The Balaban J connectivity index is 2.84. The molecule has 1 aromatic rings. The fourth-order valence-corrected chi connectivity index (χ4v) is 1.06. The van der Waals surface area contributed by atoms with Gasteiger partial charge in [0.2, 0.25) is 17.7 Å². The van der Waals surface area contributed by atoms with E-state index >= 15 is 0 Å². The molecule has 0 aliphatic heterocycles. The van der Waals surface area contributed by atoms with E-state index in [0.717, 1.165) is 0 Å². The Morgan fingerprint density at radius 2 is 2.18 bits per heavy atom. The minimum Gasteiger partial charge on any atom is -0.481 e. The number of amides is 1. The Kier molecular flexibility index (Phi) is 4.22. The van der Waals surface area contributed by atoms with Crippen molar-refractivity contribution in [3.8, 4) is 5.88 Å². The number of nitrogens with zero attached hydrogens (tertiary/aromatic N) is 2. The number of aliphatic carboxylic acids is 1. The van der Waals surface area contributed by atoms with Gasteiger partial charge in [0.05, 0.1) is 7.11 Å². The van der Waals surface area contributed by atoms with Gasteiger partial charge in [-0.1, -0.05) is 11.6 Å². The van der Waals surface area contributed by atoms with Gasteiger partial charge in [-0.15, -0.1) is 0 Å². The topological polar surface area (TPSA) is 101 Å². The number of carboxylic acid groups (broad SMARTS) is 1. The molecule has 1 rings (SSSR count). The van der Waals surface area contributed by atoms with Crippen LogP contribution in [0.5, 0.6) is 5.88 Å². The molecule has 0 fully saturated rings. The summed E-state index contributed by atoms with van der Waals surface area (Å²) in [6.07, 6.45) is 0. The number of methoxy groups -OCH3 is 1. The van der Waals surface area contributed by atoms with Crippen LogP contribution in [0.1, 0.15) is 6.92 Å². The first-order valence-corrected chi connectivity index (χ1v) is 4.94. The highest BCUT2D eigenvalue weighted by Gasteiger charge is 2.21. The van der Waals surface area contributed by atoms with Gasteiger partial charge in [-0.3, -0.25) is 14.9 Å². The molecule has 0 saturated carbocycles. The van der Waals surface area contributed by atoms with E-state index in [1.807, 2.05) is 0 Å². The number of ether oxygens (including phenoxy) is 1. The lowest BCUT2D eigenvalue weighted by atomic mass is 10.2. The maximum atomic E-state index is 11.4. The summed E-state index contributed by atoms with van der Waals surface area (Å²) in [6.45, 7) is 1.25. The average molecular weight is 260 g/mol. The van der Waals surface area contributed by atoms with Crippen LogP contribution >= 0.6 is 11.6 Å². The third-order valence-corrected chi connectivity index (χ3v) is 2.07. The Hall–Kier alpha value is -1.89. The SMILES string of the molecule is COc1cc(Cl)nc(NC(=O)C(C)C(=O)O)n1. The number of carbonyl (C=O) groups excluding carboxylic acids is 1. The lowest BCUT2D eigenvalue weighted by molar-refractivity contribution is -0.144. The first kappa shape index (κ1) is 13.2. The predicted octanol–water partition coefficient (Wildman–Crippen LogP) is 0.798. The van der Waals surface area contributed by atoms with Crippen LogP contribution in [0.25, 0.3) is 0 Å². The molecule has 0 aromatic carbocycles. The summed E-state index contributed by atoms with van der Waals surface area (Å²) in [4.78, 5) is 29.5. The molecule has 0 radical (unpaired) electrons. The molecule has 1 unspecified atom stereocenters. The standard InChI is InChI=1S/C9H10ClN3O4/c1-4(8(15)16)7(14)13-9-11-5(10)3-6(12-9)17-2/h3-4H,1-2H3,(H,15,16)(H,11,12,13,14). The van der Waals surface area contributed by atoms with E-state index in [4.69, 9.17) is 21.4 Å². The minimum absolute atomic E-state index is 0.0788. The quantitative estimate of drug-likeness (QED) is 0.612. The van der Waals surface area contributed by atoms with Crippen LogP contribution in [-0.2, 0) is 9.59 Å². The van der Waals surface area contributed by atoms with Crippen molar-refractivity contribution in [1.29, 1.82) is 0 Å². The molecule has 0 aliphatic carbocycles. The maximum Gasteiger partial charge on any atom is 0.315 e. The lowest BCUT2D eigenvalue weighted by Crippen LogP contribution is -2.27.